The Morgan fingerprint density at radius 3 is 2.85 bits per heavy atom. The van der Waals surface area contributed by atoms with E-state index in [2.05, 4.69) is 10.1 Å². The second-order valence-electron chi connectivity index (χ2n) is 2.40. The van der Waals surface area contributed by atoms with Gasteiger partial charge in [0.25, 0.3) is 5.82 Å². The molecule has 0 radical (unpaired) electrons. The molecule has 0 fully saturated rings. The highest BCUT2D eigenvalue weighted by Gasteiger charge is 2.14. The first kappa shape index (κ1) is 9.66. The molecule has 0 saturated carbocycles. The van der Waals surface area contributed by atoms with E-state index in [0.29, 0.717) is 12.4 Å². The van der Waals surface area contributed by atoms with Crippen LogP contribution in [0.4, 0.5) is 0 Å². The molecule has 13 heavy (non-hydrogen) atoms. The van der Waals surface area contributed by atoms with Crippen molar-refractivity contribution >= 4 is 5.97 Å². The fourth-order valence-electron chi connectivity index (χ4n) is 0.877. The van der Waals surface area contributed by atoms with E-state index in [1.807, 2.05) is 0 Å². The topological polar surface area (TPSA) is 83.0 Å². The van der Waals surface area contributed by atoms with E-state index >= 15 is 0 Å². The summed E-state index contributed by atoms with van der Waals surface area (Å²) >= 11 is 0. The highest BCUT2D eigenvalue weighted by molar-refractivity contribution is 5.84. The number of carbonyl (C=O) groups excluding carboxylic acids is 1. The average Bonchev–Trinajstić information content (AvgIpc) is 2.47. The number of hydrogen-bond donors (Lipinski definition) is 1. The average molecular weight is 184 g/mol. The monoisotopic (exact) mass is 184 g/mol. The van der Waals surface area contributed by atoms with Gasteiger partial charge in [0.15, 0.2) is 0 Å². The lowest BCUT2D eigenvalue weighted by Crippen LogP contribution is -2.07. The summed E-state index contributed by atoms with van der Waals surface area (Å²) in [6.45, 7) is 2.29. The standard InChI is InChI=1S/C7H12N4O2/c1-3-13-7(12)6-9-5(4-8)11(2)10-6/h3-4,8H2,1-2H3. The minimum Gasteiger partial charge on any atom is -0.460 e. The molecule has 0 unspecified atom stereocenters. The molecule has 0 amide bonds. The molecule has 0 spiro atoms. The van der Waals surface area contributed by atoms with Crippen LogP contribution in [0.15, 0.2) is 0 Å². The first-order chi connectivity index (χ1) is 6.19. The maximum absolute atomic E-state index is 11.1. The summed E-state index contributed by atoms with van der Waals surface area (Å²) in [5.74, 6) is 0.102. The van der Waals surface area contributed by atoms with Gasteiger partial charge in [0.05, 0.1) is 13.2 Å². The van der Waals surface area contributed by atoms with Gasteiger partial charge in [0, 0.05) is 7.05 Å². The highest BCUT2D eigenvalue weighted by atomic mass is 16.5. The first-order valence-corrected chi connectivity index (χ1v) is 3.96. The number of ether oxygens (including phenoxy) is 1. The third-order valence-corrected chi connectivity index (χ3v) is 1.49. The van der Waals surface area contributed by atoms with Gasteiger partial charge in [-0.1, -0.05) is 0 Å². The van der Waals surface area contributed by atoms with Crippen molar-refractivity contribution in [3.63, 3.8) is 0 Å². The number of rotatable bonds is 3. The second-order valence-corrected chi connectivity index (χ2v) is 2.40. The predicted octanol–water partition coefficient (Wildman–Crippen LogP) is -0.550. The Balaban J connectivity index is 2.84. The summed E-state index contributed by atoms with van der Waals surface area (Å²) in [4.78, 5) is 15.0. The number of aromatic nitrogens is 3. The lowest BCUT2D eigenvalue weighted by molar-refractivity contribution is 0.0512. The van der Waals surface area contributed by atoms with E-state index < -0.39 is 5.97 Å². The van der Waals surface area contributed by atoms with Crippen molar-refractivity contribution < 1.29 is 9.53 Å². The summed E-state index contributed by atoms with van der Waals surface area (Å²) in [6, 6.07) is 0. The number of carbonyl (C=O) groups is 1. The molecule has 0 aliphatic rings. The van der Waals surface area contributed by atoms with Crippen LogP contribution in [0, 0.1) is 0 Å². The summed E-state index contributed by atoms with van der Waals surface area (Å²) < 4.78 is 6.19. The molecule has 0 bridgehead atoms. The van der Waals surface area contributed by atoms with E-state index in [1.165, 1.54) is 4.68 Å². The Bertz CT molecular complexity index is 307. The molecule has 0 atom stereocenters. The van der Waals surface area contributed by atoms with E-state index in [9.17, 15) is 4.79 Å². The van der Waals surface area contributed by atoms with Gasteiger partial charge in [-0.2, -0.15) is 0 Å². The van der Waals surface area contributed by atoms with Crippen LogP contribution in [0.1, 0.15) is 23.4 Å². The summed E-state index contributed by atoms with van der Waals surface area (Å²) in [6.07, 6.45) is 0. The fraction of sp³-hybridized carbons (Fsp3) is 0.571. The number of esters is 1. The predicted molar refractivity (Wildman–Crippen MR) is 44.9 cm³/mol. The molecule has 6 nitrogen and oxygen atoms in total. The number of aryl methyl sites for hydroxylation is 1. The molecule has 2 N–H and O–H groups in total. The summed E-state index contributed by atoms with van der Waals surface area (Å²) in [7, 11) is 1.68. The summed E-state index contributed by atoms with van der Waals surface area (Å²) in [5.41, 5.74) is 5.36. The Hall–Kier alpha value is -1.43. The zero-order valence-corrected chi connectivity index (χ0v) is 7.65. The van der Waals surface area contributed by atoms with Crippen LogP contribution in [0.25, 0.3) is 0 Å². The normalized spacial score (nSPS) is 10.1. The molecular weight excluding hydrogens is 172 g/mol. The Labute approximate surface area is 75.7 Å². The molecule has 1 heterocycles. The van der Waals surface area contributed by atoms with E-state index in [4.69, 9.17) is 10.5 Å². The summed E-state index contributed by atoms with van der Waals surface area (Å²) in [5, 5.41) is 3.85. The number of hydrogen-bond acceptors (Lipinski definition) is 5. The maximum atomic E-state index is 11.1. The highest BCUT2D eigenvalue weighted by Crippen LogP contribution is 1.97. The van der Waals surface area contributed by atoms with Crippen molar-refractivity contribution in [3.8, 4) is 0 Å². The van der Waals surface area contributed by atoms with Gasteiger partial charge in [-0.25, -0.2) is 9.78 Å². The van der Waals surface area contributed by atoms with Crippen molar-refractivity contribution in [3.05, 3.63) is 11.6 Å². The van der Waals surface area contributed by atoms with E-state index in [0.717, 1.165) is 0 Å². The Kier molecular flexibility index (Phi) is 2.97. The van der Waals surface area contributed by atoms with Gasteiger partial charge in [-0.15, -0.1) is 5.10 Å². The largest absolute Gasteiger partial charge is 0.460 e. The van der Waals surface area contributed by atoms with E-state index in [1.54, 1.807) is 14.0 Å². The van der Waals surface area contributed by atoms with Crippen molar-refractivity contribution in [2.45, 2.75) is 13.5 Å². The van der Waals surface area contributed by atoms with Crippen LogP contribution >= 0.6 is 0 Å². The fourth-order valence-corrected chi connectivity index (χ4v) is 0.877. The van der Waals surface area contributed by atoms with Gasteiger partial charge in [0.1, 0.15) is 5.82 Å². The molecular formula is C7H12N4O2. The van der Waals surface area contributed by atoms with Crippen molar-refractivity contribution in [2.24, 2.45) is 12.8 Å². The third-order valence-electron chi connectivity index (χ3n) is 1.49. The van der Waals surface area contributed by atoms with Crippen molar-refractivity contribution in [1.82, 2.24) is 14.8 Å². The third kappa shape index (κ3) is 2.03. The molecule has 0 aromatic carbocycles. The van der Waals surface area contributed by atoms with Crippen molar-refractivity contribution in [1.29, 1.82) is 0 Å². The van der Waals surface area contributed by atoms with Gasteiger partial charge in [-0.05, 0) is 6.92 Å². The molecule has 1 aromatic rings. The van der Waals surface area contributed by atoms with Crippen LogP contribution in [-0.2, 0) is 18.3 Å². The Morgan fingerprint density at radius 1 is 1.69 bits per heavy atom. The molecule has 1 rings (SSSR count). The zero-order valence-electron chi connectivity index (χ0n) is 7.65. The van der Waals surface area contributed by atoms with E-state index in [-0.39, 0.29) is 12.4 Å². The Morgan fingerprint density at radius 2 is 2.38 bits per heavy atom. The minimum absolute atomic E-state index is 0.0600. The molecule has 0 aliphatic heterocycles. The van der Waals surface area contributed by atoms with Crippen LogP contribution in [0.5, 0.6) is 0 Å². The zero-order chi connectivity index (χ0) is 9.84. The lowest BCUT2D eigenvalue weighted by Gasteiger charge is -1.94. The number of nitrogens with two attached hydrogens (primary N) is 1. The van der Waals surface area contributed by atoms with Gasteiger partial charge < -0.3 is 10.5 Å². The quantitative estimate of drug-likeness (QED) is 0.637. The molecule has 6 heteroatoms. The molecule has 0 aliphatic carbocycles. The lowest BCUT2D eigenvalue weighted by atomic mass is 10.6. The first-order valence-electron chi connectivity index (χ1n) is 3.96. The van der Waals surface area contributed by atoms with Crippen LogP contribution in [-0.4, -0.2) is 27.3 Å². The number of nitrogens with zero attached hydrogens (tertiary/aromatic N) is 3. The smallest absolute Gasteiger partial charge is 0.378 e. The van der Waals surface area contributed by atoms with Crippen LogP contribution < -0.4 is 5.73 Å². The molecule has 0 saturated heterocycles. The minimum atomic E-state index is -0.516. The molecule has 72 valence electrons. The van der Waals surface area contributed by atoms with Crippen LogP contribution in [0.3, 0.4) is 0 Å². The van der Waals surface area contributed by atoms with Crippen molar-refractivity contribution in [2.75, 3.05) is 6.61 Å². The van der Waals surface area contributed by atoms with Gasteiger partial charge >= 0.3 is 5.97 Å². The maximum Gasteiger partial charge on any atom is 0.378 e. The van der Waals surface area contributed by atoms with Gasteiger partial charge in [-0.3, -0.25) is 4.68 Å². The van der Waals surface area contributed by atoms with Gasteiger partial charge in [0.2, 0.25) is 0 Å². The van der Waals surface area contributed by atoms with Crippen LogP contribution in [0.2, 0.25) is 0 Å². The SMILES string of the molecule is CCOC(=O)c1nc(CN)n(C)n1. The second kappa shape index (κ2) is 3.99. The molecule has 1 aromatic heterocycles.